The standard InChI is InChI=1S/C6H9S/c1-2-3-4-5-6-7/h1-2,6H,3-5H2. The Kier molecular flexibility index (Phi) is 5.69. The molecular weight excluding hydrogens is 104 g/mol. The lowest BCUT2D eigenvalue weighted by Gasteiger charge is -1.83. The highest BCUT2D eigenvalue weighted by atomic mass is 32.1. The lowest BCUT2D eigenvalue weighted by molar-refractivity contribution is 0.910. The average Bonchev–Trinajstić information content (AvgIpc) is 1.69. The summed E-state index contributed by atoms with van der Waals surface area (Å²) in [5.41, 5.74) is 0. The van der Waals surface area contributed by atoms with E-state index in [0.717, 1.165) is 19.3 Å². The Morgan fingerprint density at radius 3 is 2.57 bits per heavy atom. The molecule has 7 heavy (non-hydrogen) atoms. The fourth-order valence-electron chi connectivity index (χ4n) is 0.319. The highest BCUT2D eigenvalue weighted by Crippen LogP contribution is 1.91. The number of allylic oxidation sites excluding steroid dienone is 1. The number of hydrogen-bond donors (Lipinski definition) is 0. The van der Waals surface area contributed by atoms with E-state index < -0.39 is 0 Å². The van der Waals surface area contributed by atoms with Crippen molar-refractivity contribution < 1.29 is 0 Å². The van der Waals surface area contributed by atoms with Crippen LogP contribution in [0.2, 0.25) is 0 Å². The van der Waals surface area contributed by atoms with E-state index in [1.165, 1.54) is 0 Å². The minimum atomic E-state index is 0.979. The van der Waals surface area contributed by atoms with E-state index in [1.54, 1.807) is 11.4 Å². The maximum atomic E-state index is 5.10. The molecule has 0 amide bonds. The third-order valence-electron chi connectivity index (χ3n) is 0.693. The monoisotopic (exact) mass is 113 g/mol. The van der Waals surface area contributed by atoms with Crippen LogP contribution in [0.25, 0.3) is 0 Å². The van der Waals surface area contributed by atoms with Crippen LogP contribution in [-0.2, 0) is 0 Å². The van der Waals surface area contributed by atoms with Crippen LogP contribution in [0.3, 0.4) is 0 Å². The van der Waals surface area contributed by atoms with E-state index in [0.29, 0.717) is 0 Å². The SMILES string of the molecule is [CH]=CCCCC=S. The average molecular weight is 113 g/mol. The molecule has 0 atom stereocenters. The van der Waals surface area contributed by atoms with Gasteiger partial charge in [0.1, 0.15) is 0 Å². The summed E-state index contributed by atoms with van der Waals surface area (Å²) in [6.07, 6.45) is 4.75. The molecule has 0 spiro atoms. The van der Waals surface area contributed by atoms with Crippen molar-refractivity contribution in [3.8, 4) is 0 Å². The summed E-state index contributed by atoms with van der Waals surface area (Å²) < 4.78 is 0. The predicted octanol–water partition coefficient (Wildman–Crippen LogP) is 2.15. The molecule has 0 aromatic carbocycles. The molecule has 0 bridgehead atoms. The summed E-state index contributed by atoms with van der Waals surface area (Å²) >= 11 is 4.59. The predicted molar refractivity (Wildman–Crippen MR) is 36.4 cm³/mol. The molecule has 39 valence electrons. The van der Waals surface area contributed by atoms with Gasteiger partial charge in [-0.05, 0) is 24.6 Å². The lowest BCUT2D eigenvalue weighted by atomic mass is 10.2. The molecule has 0 unspecified atom stereocenters. The molecule has 0 aromatic heterocycles. The first-order valence-corrected chi connectivity index (χ1v) is 2.86. The number of thiocarbonyl (C=S) groups is 1. The number of hydrogen-bond acceptors (Lipinski definition) is 1. The summed E-state index contributed by atoms with van der Waals surface area (Å²) in [6, 6.07) is 0. The van der Waals surface area contributed by atoms with Crippen molar-refractivity contribution in [1.29, 1.82) is 0 Å². The maximum Gasteiger partial charge on any atom is -0.0210 e. The minimum Gasteiger partial charge on any atom is -0.0935 e. The number of rotatable bonds is 4. The van der Waals surface area contributed by atoms with Crippen molar-refractivity contribution >= 4 is 17.6 Å². The lowest BCUT2D eigenvalue weighted by Crippen LogP contribution is -1.69. The van der Waals surface area contributed by atoms with E-state index in [-0.39, 0.29) is 0 Å². The first kappa shape index (κ1) is 6.83. The second-order valence-electron chi connectivity index (χ2n) is 1.33. The fourth-order valence-corrected chi connectivity index (χ4v) is 0.486. The van der Waals surface area contributed by atoms with Crippen LogP contribution >= 0.6 is 12.2 Å². The van der Waals surface area contributed by atoms with Crippen LogP contribution in [0.15, 0.2) is 6.08 Å². The van der Waals surface area contributed by atoms with Gasteiger partial charge in [0.25, 0.3) is 0 Å². The summed E-state index contributed by atoms with van der Waals surface area (Å²) in [6.45, 7) is 5.10. The molecular formula is C6H9S. The van der Waals surface area contributed by atoms with Gasteiger partial charge in [-0.3, -0.25) is 0 Å². The van der Waals surface area contributed by atoms with Gasteiger partial charge in [-0.2, -0.15) is 0 Å². The molecule has 0 aliphatic heterocycles. The van der Waals surface area contributed by atoms with E-state index >= 15 is 0 Å². The van der Waals surface area contributed by atoms with Crippen molar-refractivity contribution in [2.24, 2.45) is 0 Å². The van der Waals surface area contributed by atoms with Gasteiger partial charge in [-0.1, -0.05) is 24.9 Å². The summed E-state index contributed by atoms with van der Waals surface area (Å²) in [5.74, 6) is 0. The van der Waals surface area contributed by atoms with Gasteiger partial charge >= 0.3 is 0 Å². The first-order valence-electron chi connectivity index (χ1n) is 2.39. The Balaban J connectivity index is 2.68. The Morgan fingerprint density at radius 1 is 1.43 bits per heavy atom. The molecule has 0 aliphatic rings. The Bertz CT molecular complexity index is 49.2. The zero-order chi connectivity index (χ0) is 5.54. The first-order chi connectivity index (χ1) is 3.41. The zero-order valence-electron chi connectivity index (χ0n) is 4.26. The van der Waals surface area contributed by atoms with Crippen molar-refractivity contribution in [3.63, 3.8) is 0 Å². The van der Waals surface area contributed by atoms with Gasteiger partial charge in [-0.25, -0.2) is 0 Å². The second kappa shape index (κ2) is 5.83. The summed E-state index contributed by atoms with van der Waals surface area (Å²) in [7, 11) is 0. The Morgan fingerprint density at radius 2 is 2.14 bits per heavy atom. The zero-order valence-corrected chi connectivity index (χ0v) is 5.08. The summed E-state index contributed by atoms with van der Waals surface area (Å²) in [4.78, 5) is 0. The topological polar surface area (TPSA) is 0 Å². The molecule has 0 nitrogen and oxygen atoms in total. The highest BCUT2D eigenvalue weighted by Gasteiger charge is 1.75. The summed E-state index contributed by atoms with van der Waals surface area (Å²) in [5, 5.41) is 1.74. The van der Waals surface area contributed by atoms with Crippen LogP contribution < -0.4 is 0 Å². The van der Waals surface area contributed by atoms with Crippen LogP contribution in [0.1, 0.15) is 19.3 Å². The highest BCUT2D eigenvalue weighted by molar-refractivity contribution is 7.78. The molecule has 0 aliphatic carbocycles. The van der Waals surface area contributed by atoms with Crippen molar-refractivity contribution in [2.75, 3.05) is 0 Å². The van der Waals surface area contributed by atoms with Gasteiger partial charge in [0.05, 0.1) is 0 Å². The molecule has 0 saturated carbocycles. The van der Waals surface area contributed by atoms with Gasteiger partial charge in [0, 0.05) is 0 Å². The molecule has 0 heterocycles. The molecule has 1 radical (unpaired) electrons. The Hall–Kier alpha value is -0.170. The normalized spacial score (nSPS) is 8.00. The minimum absolute atomic E-state index is 0.979. The Labute approximate surface area is 50.2 Å². The molecule has 0 aromatic rings. The molecule has 0 fully saturated rings. The van der Waals surface area contributed by atoms with Crippen LogP contribution in [0, 0.1) is 6.58 Å². The van der Waals surface area contributed by atoms with E-state index in [1.807, 2.05) is 0 Å². The van der Waals surface area contributed by atoms with Crippen LogP contribution in [0.4, 0.5) is 0 Å². The second-order valence-corrected chi connectivity index (χ2v) is 1.67. The van der Waals surface area contributed by atoms with Crippen molar-refractivity contribution in [2.45, 2.75) is 19.3 Å². The van der Waals surface area contributed by atoms with E-state index in [4.69, 9.17) is 6.58 Å². The fraction of sp³-hybridized carbons (Fsp3) is 0.500. The molecule has 0 N–H and O–H groups in total. The van der Waals surface area contributed by atoms with Gasteiger partial charge < -0.3 is 0 Å². The quantitative estimate of drug-likeness (QED) is 0.397. The number of unbranched alkanes of at least 4 members (excludes halogenated alkanes) is 2. The molecule has 1 heteroatoms. The van der Waals surface area contributed by atoms with Gasteiger partial charge in [0.2, 0.25) is 0 Å². The van der Waals surface area contributed by atoms with Crippen molar-refractivity contribution in [1.82, 2.24) is 0 Å². The molecule has 0 rings (SSSR count). The molecule has 0 saturated heterocycles. The van der Waals surface area contributed by atoms with Crippen LogP contribution in [0.5, 0.6) is 0 Å². The third-order valence-corrected chi connectivity index (χ3v) is 0.928. The van der Waals surface area contributed by atoms with Gasteiger partial charge in [-0.15, -0.1) is 0 Å². The van der Waals surface area contributed by atoms with Crippen molar-refractivity contribution in [3.05, 3.63) is 12.7 Å². The largest absolute Gasteiger partial charge is 0.0935 e. The van der Waals surface area contributed by atoms with Gasteiger partial charge in [0.15, 0.2) is 0 Å². The smallest absolute Gasteiger partial charge is 0.0210 e. The third kappa shape index (κ3) is 5.83. The van der Waals surface area contributed by atoms with Crippen LogP contribution in [-0.4, -0.2) is 5.37 Å². The van der Waals surface area contributed by atoms with E-state index in [2.05, 4.69) is 12.2 Å². The maximum absolute atomic E-state index is 5.10. The van der Waals surface area contributed by atoms with E-state index in [9.17, 15) is 0 Å².